The van der Waals surface area contributed by atoms with E-state index in [1.165, 1.54) is 0 Å². The molecule has 1 aromatic carbocycles. The van der Waals surface area contributed by atoms with Crippen LogP contribution in [0.25, 0.3) is 16.7 Å². The number of benzene rings is 1. The molecule has 0 spiro atoms. The van der Waals surface area contributed by atoms with Crippen LogP contribution in [0.5, 0.6) is 0 Å². The molecular formula is C19H16N2O2. The zero-order valence-corrected chi connectivity index (χ0v) is 13.1. The van der Waals surface area contributed by atoms with Gasteiger partial charge in [-0.2, -0.15) is 0 Å². The number of fused-ring (bicyclic) bond motifs is 4. The van der Waals surface area contributed by atoms with Crippen LogP contribution in [-0.4, -0.2) is 15.3 Å². The number of carbonyl (C=O) groups excluding carboxylic acids is 1. The van der Waals surface area contributed by atoms with Crippen LogP contribution >= 0.6 is 0 Å². The second kappa shape index (κ2) is 4.88. The minimum absolute atomic E-state index is 0.0238. The number of pyridine rings is 2. The monoisotopic (exact) mass is 304 g/mol. The van der Waals surface area contributed by atoms with E-state index in [4.69, 9.17) is 4.98 Å². The maximum Gasteiger partial charge on any atom is 0.185 e. The van der Waals surface area contributed by atoms with Gasteiger partial charge in [-0.05, 0) is 19.1 Å². The van der Waals surface area contributed by atoms with Gasteiger partial charge >= 0.3 is 0 Å². The van der Waals surface area contributed by atoms with Crippen molar-refractivity contribution in [2.45, 2.75) is 26.7 Å². The molecule has 1 aliphatic rings. The molecule has 0 saturated heterocycles. The maximum absolute atomic E-state index is 12.4. The van der Waals surface area contributed by atoms with Crippen LogP contribution in [0.15, 0.2) is 41.2 Å². The summed E-state index contributed by atoms with van der Waals surface area (Å²) in [6, 6.07) is 11.7. The van der Waals surface area contributed by atoms with Gasteiger partial charge in [-0.1, -0.05) is 25.1 Å². The molecule has 0 saturated carbocycles. The summed E-state index contributed by atoms with van der Waals surface area (Å²) in [6.45, 7) is 3.54. The van der Waals surface area contributed by atoms with Gasteiger partial charge in [-0.25, -0.2) is 4.98 Å². The van der Waals surface area contributed by atoms with Crippen molar-refractivity contribution in [3.8, 4) is 5.82 Å². The van der Waals surface area contributed by atoms with E-state index in [0.717, 1.165) is 28.0 Å². The van der Waals surface area contributed by atoms with E-state index in [1.807, 2.05) is 35.8 Å². The summed E-state index contributed by atoms with van der Waals surface area (Å²) < 4.78 is 1.88. The Morgan fingerprint density at radius 3 is 2.83 bits per heavy atom. The van der Waals surface area contributed by atoms with Gasteiger partial charge in [-0.15, -0.1) is 0 Å². The Kier molecular flexibility index (Phi) is 2.94. The van der Waals surface area contributed by atoms with E-state index < -0.39 is 0 Å². The van der Waals surface area contributed by atoms with Crippen LogP contribution in [0.2, 0.25) is 0 Å². The molecule has 4 nitrogen and oxygen atoms in total. The number of Topliss-reactive ketones (excluding diaryl/α,β-unsaturated/α-hetero) is 1. The Morgan fingerprint density at radius 2 is 2.04 bits per heavy atom. The number of nitrogens with zero attached hydrogens (tertiary/aromatic N) is 2. The fourth-order valence-electron chi connectivity index (χ4n) is 3.29. The van der Waals surface area contributed by atoms with E-state index in [0.29, 0.717) is 24.1 Å². The lowest BCUT2D eigenvalue weighted by Crippen LogP contribution is -2.21. The summed E-state index contributed by atoms with van der Waals surface area (Å²) in [5.74, 6) is 0.753. The van der Waals surface area contributed by atoms with Crippen molar-refractivity contribution >= 4 is 16.7 Å². The highest BCUT2D eigenvalue weighted by Gasteiger charge is 2.26. The molecule has 0 fully saturated rings. The molecule has 0 amide bonds. The Morgan fingerprint density at radius 1 is 1.26 bits per heavy atom. The minimum Gasteiger partial charge on any atom is -0.294 e. The normalized spacial score (nSPS) is 12.3. The van der Waals surface area contributed by atoms with E-state index in [2.05, 4.69) is 6.07 Å². The van der Waals surface area contributed by atoms with Crippen molar-refractivity contribution in [1.82, 2.24) is 9.55 Å². The number of hydrogen-bond donors (Lipinski definition) is 0. The van der Waals surface area contributed by atoms with Gasteiger partial charge in [0.05, 0.1) is 11.2 Å². The molecule has 4 rings (SSSR count). The third-order valence-electron chi connectivity index (χ3n) is 4.48. The Balaban J connectivity index is 2.09. The highest BCUT2D eigenvalue weighted by atomic mass is 16.1. The fourth-order valence-corrected chi connectivity index (χ4v) is 3.29. The summed E-state index contributed by atoms with van der Waals surface area (Å²) in [5.41, 5.74) is 3.70. The van der Waals surface area contributed by atoms with Gasteiger partial charge in [0.25, 0.3) is 0 Å². The summed E-state index contributed by atoms with van der Waals surface area (Å²) in [4.78, 5) is 29.4. The standard InChI is InChI=1S/C19H16N2O2/c1-3-16(22)18-11(2)17(23)10-14-9-13-8-12-6-4-5-7-15(12)20-19(13)21(14)18/h4-8,10H,3,9H2,1-2H3. The van der Waals surface area contributed by atoms with E-state index in [9.17, 15) is 9.59 Å². The van der Waals surface area contributed by atoms with Gasteiger partial charge in [0.1, 0.15) is 5.82 Å². The third kappa shape index (κ3) is 1.95. The molecule has 1 aliphatic heterocycles. The van der Waals surface area contributed by atoms with Gasteiger partial charge < -0.3 is 0 Å². The van der Waals surface area contributed by atoms with Crippen LogP contribution in [0, 0.1) is 6.92 Å². The first-order valence-corrected chi connectivity index (χ1v) is 7.78. The second-order valence-corrected chi connectivity index (χ2v) is 5.93. The van der Waals surface area contributed by atoms with Gasteiger partial charge in [0.2, 0.25) is 0 Å². The molecule has 3 aromatic rings. The summed E-state index contributed by atoms with van der Waals surface area (Å²) in [6.07, 6.45) is 0.999. The van der Waals surface area contributed by atoms with Crippen molar-refractivity contribution in [3.63, 3.8) is 0 Å². The van der Waals surface area contributed by atoms with Crippen molar-refractivity contribution < 1.29 is 4.79 Å². The smallest absolute Gasteiger partial charge is 0.185 e. The highest BCUT2D eigenvalue weighted by Crippen LogP contribution is 2.31. The van der Waals surface area contributed by atoms with Crippen molar-refractivity contribution in [2.75, 3.05) is 0 Å². The lowest BCUT2D eigenvalue weighted by atomic mass is 10.1. The molecule has 0 bridgehead atoms. The number of hydrogen-bond acceptors (Lipinski definition) is 3. The van der Waals surface area contributed by atoms with Crippen molar-refractivity contribution in [2.24, 2.45) is 0 Å². The first-order chi connectivity index (χ1) is 11.1. The predicted octanol–water partition coefficient (Wildman–Crippen LogP) is 3.19. The highest BCUT2D eigenvalue weighted by molar-refractivity contribution is 5.96. The predicted molar refractivity (Wildman–Crippen MR) is 89.5 cm³/mol. The average Bonchev–Trinajstić information content (AvgIpc) is 2.89. The van der Waals surface area contributed by atoms with E-state index >= 15 is 0 Å². The molecule has 0 radical (unpaired) electrons. The lowest BCUT2D eigenvalue weighted by Gasteiger charge is -2.14. The van der Waals surface area contributed by atoms with Crippen LogP contribution in [-0.2, 0) is 6.42 Å². The number of para-hydroxylation sites is 1. The Hall–Kier alpha value is -2.75. The zero-order chi connectivity index (χ0) is 16.1. The number of rotatable bonds is 2. The van der Waals surface area contributed by atoms with Crippen molar-refractivity contribution in [3.05, 3.63) is 69.1 Å². The SMILES string of the molecule is CCC(=O)c1c(C)c(=O)cc2n1-c1nc3ccccc3cc1C2. The largest absolute Gasteiger partial charge is 0.294 e. The third-order valence-corrected chi connectivity index (χ3v) is 4.48. The second-order valence-electron chi connectivity index (χ2n) is 5.93. The van der Waals surface area contributed by atoms with Crippen molar-refractivity contribution in [1.29, 1.82) is 0 Å². The first-order valence-electron chi connectivity index (χ1n) is 7.78. The van der Waals surface area contributed by atoms with Gasteiger partial charge in [-0.3, -0.25) is 14.2 Å². The molecule has 4 heteroatoms. The Labute approximate surface area is 133 Å². The topological polar surface area (TPSA) is 52.0 Å². The van der Waals surface area contributed by atoms with E-state index in [1.54, 1.807) is 13.0 Å². The summed E-state index contributed by atoms with van der Waals surface area (Å²) in [7, 11) is 0. The number of aromatic nitrogens is 2. The average molecular weight is 304 g/mol. The molecule has 0 unspecified atom stereocenters. The first kappa shape index (κ1) is 13.9. The Bertz CT molecular complexity index is 1030. The summed E-state index contributed by atoms with van der Waals surface area (Å²) in [5, 5.41) is 1.07. The molecular weight excluding hydrogens is 288 g/mol. The van der Waals surface area contributed by atoms with Crippen LogP contribution in [0.1, 0.15) is 40.7 Å². The maximum atomic E-state index is 12.4. The lowest BCUT2D eigenvalue weighted by molar-refractivity contribution is 0.0980. The molecule has 0 atom stereocenters. The quantitative estimate of drug-likeness (QED) is 0.534. The fraction of sp³-hybridized carbons (Fsp3) is 0.211. The molecule has 114 valence electrons. The van der Waals surface area contributed by atoms with E-state index in [-0.39, 0.29) is 11.2 Å². The van der Waals surface area contributed by atoms with Crippen LogP contribution in [0.3, 0.4) is 0 Å². The molecule has 23 heavy (non-hydrogen) atoms. The molecule has 0 N–H and O–H groups in total. The van der Waals surface area contributed by atoms with Gasteiger partial charge in [0.15, 0.2) is 11.2 Å². The molecule has 2 aromatic heterocycles. The number of ketones is 1. The van der Waals surface area contributed by atoms with Crippen LogP contribution < -0.4 is 5.43 Å². The zero-order valence-electron chi connectivity index (χ0n) is 13.1. The minimum atomic E-state index is -0.0783. The van der Waals surface area contributed by atoms with Gasteiger partial charge in [0, 0.05) is 41.1 Å². The summed E-state index contributed by atoms with van der Waals surface area (Å²) >= 11 is 0. The number of carbonyl (C=O) groups is 1. The molecule has 3 heterocycles. The molecule has 0 aliphatic carbocycles. The van der Waals surface area contributed by atoms with Crippen LogP contribution in [0.4, 0.5) is 0 Å².